The summed E-state index contributed by atoms with van der Waals surface area (Å²) in [6, 6.07) is 1.67. The number of nitrogens with one attached hydrogen (secondary N) is 1. The number of carbonyl (C=O) groups is 2. The number of H-pyrrole nitrogens is 1. The predicted molar refractivity (Wildman–Crippen MR) is 104 cm³/mol. The maximum Gasteiger partial charge on any atom is 0.307 e. The van der Waals surface area contributed by atoms with Gasteiger partial charge in [0, 0.05) is 30.9 Å². The number of piperidine rings is 1. The number of likely N-dealkylation sites (tertiary alicyclic amines) is 1. The van der Waals surface area contributed by atoms with Crippen LogP contribution in [0.1, 0.15) is 74.4 Å². The van der Waals surface area contributed by atoms with Gasteiger partial charge in [-0.05, 0) is 32.3 Å². The standard InChI is InChI=1S/C20H29N5O3/c1-4-28-18(26)12-16-7-5-6-9-25(16)20(27)17-11-15(22-23-17)13-24-10-8-21-19(24)14(2)3/h8,10-11,14,16H,4-7,9,12-13H2,1-3H3,(H,22,23)/t16-/m0/s1. The quantitative estimate of drug-likeness (QED) is 0.738. The first-order valence-corrected chi connectivity index (χ1v) is 10.0. The highest BCUT2D eigenvalue weighted by Gasteiger charge is 2.30. The van der Waals surface area contributed by atoms with E-state index in [0.29, 0.717) is 31.3 Å². The van der Waals surface area contributed by atoms with E-state index in [9.17, 15) is 9.59 Å². The zero-order valence-electron chi connectivity index (χ0n) is 16.9. The first kappa shape index (κ1) is 20.1. The molecule has 8 nitrogen and oxygen atoms in total. The van der Waals surface area contributed by atoms with Gasteiger partial charge in [0.25, 0.3) is 5.91 Å². The summed E-state index contributed by atoms with van der Waals surface area (Å²) in [5.74, 6) is 0.923. The van der Waals surface area contributed by atoms with Gasteiger partial charge in [-0.25, -0.2) is 4.98 Å². The third-order valence-corrected chi connectivity index (χ3v) is 5.05. The van der Waals surface area contributed by atoms with Crippen molar-refractivity contribution in [1.29, 1.82) is 0 Å². The summed E-state index contributed by atoms with van der Waals surface area (Å²) >= 11 is 0. The van der Waals surface area contributed by atoms with Crippen LogP contribution in [-0.4, -0.2) is 55.7 Å². The molecule has 3 heterocycles. The number of amides is 1. The molecule has 1 N–H and O–H groups in total. The zero-order valence-corrected chi connectivity index (χ0v) is 16.9. The molecule has 0 aromatic carbocycles. The normalized spacial score (nSPS) is 17.1. The minimum absolute atomic E-state index is 0.123. The molecule has 0 radical (unpaired) electrons. The Morgan fingerprint density at radius 1 is 1.36 bits per heavy atom. The molecular weight excluding hydrogens is 358 g/mol. The van der Waals surface area contributed by atoms with Crippen molar-refractivity contribution in [2.24, 2.45) is 0 Å². The van der Waals surface area contributed by atoms with Crippen LogP contribution in [0.4, 0.5) is 0 Å². The summed E-state index contributed by atoms with van der Waals surface area (Å²) in [5.41, 5.74) is 1.24. The largest absolute Gasteiger partial charge is 0.466 e. The van der Waals surface area contributed by atoms with Gasteiger partial charge in [0.1, 0.15) is 11.5 Å². The lowest BCUT2D eigenvalue weighted by Crippen LogP contribution is -2.45. The van der Waals surface area contributed by atoms with E-state index in [1.165, 1.54) is 0 Å². The molecule has 28 heavy (non-hydrogen) atoms. The first-order valence-electron chi connectivity index (χ1n) is 10.0. The number of nitrogens with zero attached hydrogens (tertiary/aromatic N) is 4. The van der Waals surface area contributed by atoms with E-state index < -0.39 is 0 Å². The minimum atomic E-state index is -0.253. The average molecular weight is 387 g/mol. The summed E-state index contributed by atoms with van der Waals surface area (Å²) in [4.78, 5) is 31.1. The van der Waals surface area contributed by atoms with Crippen LogP contribution in [0.15, 0.2) is 18.5 Å². The van der Waals surface area contributed by atoms with Crippen molar-refractivity contribution in [1.82, 2.24) is 24.6 Å². The number of ether oxygens (including phenoxy) is 1. The number of esters is 1. The number of hydrogen-bond acceptors (Lipinski definition) is 5. The highest BCUT2D eigenvalue weighted by Crippen LogP contribution is 2.22. The highest BCUT2D eigenvalue weighted by atomic mass is 16.5. The van der Waals surface area contributed by atoms with E-state index in [1.807, 2.05) is 6.20 Å². The number of rotatable bonds is 7. The molecule has 3 rings (SSSR count). The monoisotopic (exact) mass is 387 g/mol. The van der Waals surface area contributed by atoms with Crippen molar-refractivity contribution in [2.75, 3.05) is 13.2 Å². The van der Waals surface area contributed by atoms with Gasteiger partial charge in [0.2, 0.25) is 0 Å². The molecule has 2 aromatic heterocycles. The van der Waals surface area contributed by atoms with Crippen molar-refractivity contribution in [3.8, 4) is 0 Å². The molecule has 8 heteroatoms. The van der Waals surface area contributed by atoms with E-state index in [4.69, 9.17) is 4.74 Å². The third kappa shape index (κ3) is 4.61. The number of aromatic amines is 1. The molecule has 1 amide bonds. The zero-order chi connectivity index (χ0) is 20.1. The van der Waals surface area contributed by atoms with Crippen molar-refractivity contribution >= 4 is 11.9 Å². The molecule has 2 aromatic rings. The Morgan fingerprint density at radius 3 is 2.93 bits per heavy atom. The van der Waals surface area contributed by atoms with Crippen LogP contribution in [0.5, 0.6) is 0 Å². The summed E-state index contributed by atoms with van der Waals surface area (Å²) < 4.78 is 7.12. The van der Waals surface area contributed by atoms with E-state index in [0.717, 1.165) is 30.8 Å². The summed E-state index contributed by atoms with van der Waals surface area (Å²) in [7, 11) is 0. The van der Waals surface area contributed by atoms with Gasteiger partial charge in [0.05, 0.1) is 25.3 Å². The lowest BCUT2D eigenvalue weighted by molar-refractivity contribution is -0.144. The summed E-state index contributed by atoms with van der Waals surface area (Å²) in [5, 5.41) is 7.20. The molecule has 1 saturated heterocycles. The van der Waals surface area contributed by atoms with Gasteiger partial charge >= 0.3 is 5.97 Å². The van der Waals surface area contributed by atoms with Crippen LogP contribution < -0.4 is 0 Å². The first-order chi connectivity index (χ1) is 13.5. The maximum atomic E-state index is 13.0. The molecule has 1 atom stereocenters. The van der Waals surface area contributed by atoms with Gasteiger partial charge in [-0.1, -0.05) is 13.8 Å². The van der Waals surface area contributed by atoms with E-state index >= 15 is 0 Å². The van der Waals surface area contributed by atoms with E-state index in [2.05, 4.69) is 33.6 Å². The molecule has 1 fully saturated rings. The van der Waals surface area contributed by atoms with Crippen molar-refractivity contribution in [3.63, 3.8) is 0 Å². The smallest absolute Gasteiger partial charge is 0.307 e. The Hall–Kier alpha value is -2.64. The maximum absolute atomic E-state index is 13.0. The molecule has 0 bridgehead atoms. The predicted octanol–water partition coefficient (Wildman–Crippen LogP) is 2.73. The molecule has 1 aliphatic heterocycles. The van der Waals surface area contributed by atoms with Crippen molar-refractivity contribution in [3.05, 3.63) is 35.7 Å². The molecular formula is C20H29N5O3. The molecule has 0 aliphatic carbocycles. The van der Waals surface area contributed by atoms with E-state index in [1.54, 1.807) is 24.1 Å². The Bertz CT molecular complexity index is 810. The topological polar surface area (TPSA) is 93.1 Å². The second-order valence-electron chi connectivity index (χ2n) is 7.50. The molecule has 0 saturated carbocycles. The molecule has 0 spiro atoms. The van der Waals surface area contributed by atoms with Crippen LogP contribution in [0, 0.1) is 0 Å². The van der Waals surface area contributed by atoms with Crippen molar-refractivity contribution < 1.29 is 14.3 Å². The van der Waals surface area contributed by atoms with Gasteiger partial charge in [-0.3, -0.25) is 14.7 Å². The van der Waals surface area contributed by atoms with Crippen LogP contribution in [-0.2, 0) is 16.1 Å². The lowest BCUT2D eigenvalue weighted by atomic mass is 9.99. The fourth-order valence-electron chi connectivity index (χ4n) is 3.73. The number of hydrogen-bond donors (Lipinski definition) is 1. The minimum Gasteiger partial charge on any atom is -0.466 e. The Labute approximate surface area is 165 Å². The van der Waals surface area contributed by atoms with Crippen LogP contribution >= 0.6 is 0 Å². The van der Waals surface area contributed by atoms with Gasteiger partial charge in [-0.2, -0.15) is 5.10 Å². The lowest BCUT2D eigenvalue weighted by Gasteiger charge is -2.34. The summed E-state index contributed by atoms with van der Waals surface area (Å²) in [6.45, 7) is 7.57. The SMILES string of the molecule is CCOC(=O)C[C@@H]1CCCCN1C(=O)c1cc(Cn2ccnc2C(C)C)[nH]n1. The van der Waals surface area contributed by atoms with Crippen LogP contribution in [0.25, 0.3) is 0 Å². The van der Waals surface area contributed by atoms with Crippen LogP contribution in [0.2, 0.25) is 0 Å². The van der Waals surface area contributed by atoms with Crippen molar-refractivity contribution in [2.45, 2.75) is 65.0 Å². The Morgan fingerprint density at radius 2 is 2.18 bits per heavy atom. The Kier molecular flexibility index (Phi) is 6.49. The molecule has 1 aliphatic rings. The fraction of sp³-hybridized carbons (Fsp3) is 0.600. The van der Waals surface area contributed by atoms with Gasteiger partial charge in [-0.15, -0.1) is 0 Å². The fourth-order valence-corrected chi connectivity index (χ4v) is 3.73. The van der Waals surface area contributed by atoms with Crippen LogP contribution in [0.3, 0.4) is 0 Å². The van der Waals surface area contributed by atoms with Gasteiger partial charge in [0.15, 0.2) is 0 Å². The second-order valence-corrected chi connectivity index (χ2v) is 7.50. The number of carbonyl (C=O) groups excluding carboxylic acids is 2. The van der Waals surface area contributed by atoms with Gasteiger partial charge < -0.3 is 14.2 Å². The van der Waals surface area contributed by atoms with E-state index in [-0.39, 0.29) is 24.3 Å². The number of imidazole rings is 1. The third-order valence-electron chi connectivity index (χ3n) is 5.05. The Balaban J connectivity index is 1.69. The highest BCUT2D eigenvalue weighted by molar-refractivity contribution is 5.93. The second kappa shape index (κ2) is 9.03. The molecule has 152 valence electrons. The summed E-state index contributed by atoms with van der Waals surface area (Å²) in [6.07, 6.45) is 6.72. The number of aromatic nitrogens is 4. The average Bonchev–Trinajstić information content (AvgIpc) is 3.32. The molecule has 0 unspecified atom stereocenters.